The van der Waals surface area contributed by atoms with Crippen LogP contribution in [0.5, 0.6) is 0 Å². The van der Waals surface area contributed by atoms with Crippen molar-refractivity contribution < 1.29 is 12.8 Å². The van der Waals surface area contributed by atoms with Gasteiger partial charge in [0.05, 0.1) is 5.75 Å². The number of benzene rings is 1. The van der Waals surface area contributed by atoms with E-state index in [1.165, 1.54) is 12.1 Å². The number of nitrogens with one attached hydrogen (secondary N) is 2. The van der Waals surface area contributed by atoms with Crippen LogP contribution < -0.4 is 10.6 Å². The molecule has 0 saturated carbocycles. The van der Waals surface area contributed by atoms with Gasteiger partial charge in [0.2, 0.25) is 5.95 Å². The van der Waals surface area contributed by atoms with E-state index in [1.807, 2.05) is 0 Å². The van der Waals surface area contributed by atoms with E-state index in [4.69, 9.17) is 0 Å². The minimum atomic E-state index is -3.44. The molecule has 1 atom stereocenters. The van der Waals surface area contributed by atoms with Crippen molar-refractivity contribution in [2.45, 2.75) is 24.6 Å². The van der Waals surface area contributed by atoms with Gasteiger partial charge in [-0.1, -0.05) is 12.1 Å². The van der Waals surface area contributed by atoms with Gasteiger partial charge in [0, 0.05) is 12.4 Å². The number of aromatic nitrogens is 2. The SMILES string of the molecule is O=S(=O)(CCc1ccc(F)cc1)C(Nc1ncccn1)C1CCNCC1. The Balaban J connectivity index is 1.75. The molecule has 0 aliphatic carbocycles. The molecule has 0 amide bonds. The number of aryl methyl sites for hydroxylation is 1. The second-order valence-corrected chi connectivity index (χ2v) is 8.71. The van der Waals surface area contributed by atoms with Crippen LogP contribution in [0.1, 0.15) is 18.4 Å². The molecular formula is C18H23FN4O2S. The molecule has 1 saturated heterocycles. The molecule has 1 unspecified atom stereocenters. The highest BCUT2D eigenvalue weighted by Crippen LogP contribution is 2.24. The molecule has 1 aliphatic rings. The fourth-order valence-electron chi connectivity index (χ4n) is 3.19. The lowest BCUT2D eigenvalue weighted by Crippen LogP contribution is -2.44. The van der Waals surface area contributed by atoms with Crippen LogP contribution in [0.2, 0.25) is 0 Å². The van der Waals surface area contributed by atoms with Gasteiger partial charge < -0.3 is 10.6 Å². The zero-order valence-electron chi connectivity index (χ0n) is 14.4. The van der Waals surface area contributed by atoms with Crippen molar-refractivity contribution in [2.75, 3.05) is 24.2 Å². The zero-order chi connectivity index (χ0) is 18.4. The van der Waals surface area contributed by atoms with E-state index in [9.17, 15) is 12.8 Å². The summed E-state index contributed by atoms with van der Waals surface area (Å²) in [4.78, 5) is 8.22. The van der Waals surface area contributed by atoms with Gasteiger partial charge in [-0.2, -0.15) is 0 Å². The quantitative estimate of drug-likeness (QED) is 0.767. The highest BCUT2D eigenvalue weighted by atomic mass is 32.2. The van der Waals surface area contributed by atoms with Crippen molar-refractivity contribution in [1.29, 1.82) is 0 Å². The molecular weight excluding hydrogens is 355 g/mol. The van der Waals surface area contributed by atoms with Crippen LogP contribution in [0.25, 0.3) is 0 Å². The van der Waals surface area contributed by atoms with Gasteiger partial charge in [-0.15, -0.1) is 0 Å². The van der Waals surface area contributed by atoms with Gasteiger partial charge in [0.1, 0.15) is 11.2 Å². The molecule has 1 aliphatic heterocycles. The van der Waals surface area contributed by atoms with Gasteiger partial charge in [-0.05, 0) is 62.0 Å². The molecule has 26 heavy (non-hydrogen) atoms. The second-order valence-electron chi connectivity index (χ2n) is 6.47. The topological polar surface area (TPSA) is 84.0 Å². The van der Waals surface area contributed by atoms with E-state index >= 15 is 0 Å². The van der Waals surface area contributed by atoms with Gasteiger partial charge in [0.15, 0.2) is 9.84 Å². The Hall–Kier alpha value is -2.06. The summed E-state index contributed by atoms with van der Waals surface area (Å²) in [5, 5.41) is 5.57. The summed E-state index contributed by atoms with van der Waals surface area (Å²) < 4.78 is 39.2. The first kappa shape index (κ1) is 18.7. The number of nitrogens with zero attached hydrogens (tertiary/aromatic N) is 2. The smallest absolute Gasteiger partial charge is 0.223 e. The van der Waals surface area contributed by atoms with Crippen LogP contribution >= 0.6 is 0 Å². The predicted molar refractivity (Wildman–Crippen MR) is 98.9 cm³/mol. The van der Waals surface area contributed by atoms with Crippen molar-refractivity contribution in [3.63, 3.8) is 0 Å². The molecule has 1 aromatic carbocycles. The molecule has 3 rings (SSSR count). The normalized spacial score (nSPS) is 17.0. The number of hydrogen-bond donors (Lipinski definition) is 2. The summed E-state index contributed by atoms with van der Waals surface area (Å²) in [6, 6.07) is 7.63. The molecule has 0 spiro atoms. The number of anilines is 1. The van der Waals surface area contributed by atoms with Gasteiger partial charge >= 0.3 is 0 Å². The lowest BCUT2D eigenvalue weighted by atomic mass is 9.98. The van der Waals surface area contributed by atoms with E-state index in [0.29, 0.717) is 12.4 Å². The summed E-state index contributed by atoms with van der Waals surface area (Å²) in [7, 11) is -3.44. The molecule has 0 bridgehead atoms. The average Bonchev–Trinajstić information content (AvgIpc) is 2.67. The van der Waals surface area contributed by atoms with E-state index in [-0.39, 0.29) is 17.5 Å². The Kier molecular flexibility index (Phi) is 6.16. The van der Waals surface area contributed by atoms with Crippen LogP contribution in [-0.4, -0.2) is 42.6 Å². The summed E-state index contributed by atoms with van der Waals surface area (Å²) in [6.45, 7) is 1.60. The van der Waals surface area contributed by atoms with Crippen LogP contribution in [0.3, 0.4) is 0 Å². The van der Waals surface area contributed by atoms with Crippen LogP contribution in [-0.2, 0) is 16.3 Å². The number of sulfone groups is 1. The lowest BCUT2D eigenvalue weighted by molar-refractivity contribution is 0.366. The summed E-state index contributed by atoms with van der Waals surface area (Å²) in [5.74, 6) is -0.0145. The minimum Gasteiger partial charge on any atom is -0.337 e. The van der Waals surface area contributed by atoms with Crippen LogP contribution in [0, 0.1) is 11.7 Å². The highest BCUT2D eigenvalue weighted by molar-refractivity contribution is 7.92. The van der Waals surface area contributed by atoms with Crippen molar-refractivity contribution in [3.05, 3.63) is 54.1 Å². The first-order chi connectivity index (χ1) is 12.5. The number of piperidine rings is 1. The van der Waals surface area contributed by atoms with E-state index in [2.05, 4.69) is 20.6 Å². The average molecular weight is 378 g/mol. The minimum absolute atomic E-state index is 0.00160. The summed E-state index contributed by atoms with van der Waals surface area (Å²) in [5.41, 5.74) is 0.801. The first-order valence-corrected chi connectivity index (χ1v) is 10.5. The third-order valence-corrected chi connectivity index (χ3v) is 6.67. The monoisotopic (exact) mass is 378 g/mol. The maximum Gasteiger partial charge on any atom is 0.223 e. The number of hydrogen-bond acceptors (Lipinski definition) is 6. The summed E-state index contributed by atoms with van der Waals surface area (Å²) in [6.07, 6.45) is 5.07. The molecule has 1 fully saturated rings. The molecule has 2 N–H and O–H groups in total. The Morgan fingerprint density at radius 3 is 2.46 bits per heavy atom. The van der Waals surface area contributed by atoms with Crippen molar-refractivity contribution in [2.24, 2.45) is 5.92 Å². The first-order valence-electron chi connectivity index (χ1n) is 8.75. The van der Waals surface area contributed by atoms with Crippen LogP contribution in [0.15, 0.2) is 42.7 Å². The van der Waals surface area contributed by atoms with Gasteiger partial charge in [-0.3, -0.25) is 0 Å². The standard InChI is InChI=1S/C18H23FN4O2S/c19-16-4-2-14(3-5-16)8-13-26(24,25)17(15-6-11-20-12-7-15)23-18-21-9-1-10-22-18/h1-5,9-10,15,17,20H,6-8,11-13H2,(H,21,22,23). The lowest BCUT2D eigenvalue weighted by Gasteiger charge is -2.31. The van der Waals surface area contributed by atoms with Crippen molar-refractivity contribution >= 4 is 15.8 Å². The zero-order valence-corrected chi connectivity index (χ0v) is 15.3. The Bertz CT molecular complexity index is 794. The van der Waals surface area contributed by atoms with Gasteiger partial charge in [0.25, 0.3) is 0 Å². The van der Waals surface area contributed by atoms with E-state index in [0.717, 1.165) is 31.5 Å². The van der Waals surface area contributed by atoms with Crippen molar-refractivity contribution in [1.82, 2.24) is 15.3 Å². The Labute approximate surface area is 153 Å². The largest absolute Gasteiger partial charge is 0.337 e. The van der Waals surface area contributed by atoms with Crippen molar-refractivity contribution in [3.8, 4) is 0 Å². The second kappa shape index (κ2) is 8.55. The molecule has 2 aromatic rings. The van der Waals surface area contributed by atoms with Crippen LogP contribution in [0.4, 0.5) is 10.3 Å². The molecule has 0 radical (unpaired) electrons. The maximum absolute atomic E-state index is 13.1. The van der Waals surface area contributed by atoms with Gasteiger partial charge in [-0.25, -0.2) is 22.8 Å². The van der Waals surface area contributed by atoms with E-state index < -0.39 is 15.2 Å². The number of halogens is 1. The summed E-state index contributed by atoms with van der Waals surface area (Å²) >= 11 is 0. The molecule has 140 valence electrons. The molecule has 2 heterocycles. The third-order valence-electron chi connectivity index (χ3n) is 4.62. The van der Waals surface area contributed by atoms with E-state index in [1.54, 1.807) is 30.6 Å². The Morgan fingerprint density at radius 2 is 1.81 bits per heavy atom. The molecule has 1 aromatic heterocycles. The fraction of sp³-hybridized carbons (Fsp3) is 0.444. The number of rotatable bonds is 7. The third kappa shape index (κ3) is 4.98. The maximum atomic E-state index is 13.1. The molecule has 6 nitrogen and oxygen atoms in total. The molecule has 8 heteroatoms. The predicted octanol–water partition coefficient (Wildman–Crippen LogP) is 2.01. The fourth-order valence-corrected chi connectivity index (χ4v) is 5.10. The highest BCUT2D eigenvalue weighted by Gasteiger charge is 2.34. The Morgan fingerprint density at radius 1 is 1.15 bits per heavy atom.